The van der Waals surface area contributed by atoms with Gasteiger partial charge in [0.25, 0.3) is 5.91 Å². The molecule has 3 unspecified atom stereocenters. The first-order chi connectivity index (χ1) is 15.6. The molecule has 32 heavy (non-hydrogen) atoms. The third kappa shape index (κ3) is 5.49. The number of rotatable bonds is 7. The minimum absolute atomic E-state index is 0.0502. The minimum Gasteiger partial charge on any atom is -0.494 e. The van der Waals surface area contributed by atoms with Crippen molar-refractivity contribution in [1.29, 1.82) is 0 Å². The Morgan fingerprint density at radius 1 is 1.16 bits per heavy atom. The van der Waals surface area contributed by atoms with Crippen molar-refractivity contribution in [2.45, 2.75) is 44.8 Å². The second-order valence-corrected chi connectivity index (χ2v) is 8.28. The van der Waals surface area contributed by atoms with Gasteiger partial charge in [-0.05, 0) is 61.9 Å². The maximum Gasteiger partial charge on any atom is 0.286 e. The van der Waals surface area contributed by atoms with Crippen LogP contribution in [0.25, 0.3) is 6.08 Å². The fraction of sp³-hybridized carbons (Fsp3) is 0.385. The van der Waals surface area contributed by atoms with Gasteiger partial charge in [0.2, 0.25) is 5.91 Å². The molecule has 2 amide bonds. The summed E-state index contributed by atoms with van der Waals surface area (Å²) in [6.07, 6.45) is 4.55. The molecule has 168 valence electrons. The molecule has 0 aromatic heterocycles. The molecule has 0 radical (unpaired) electrons. The first kappa shape index (κ1) is 21.9. The summed E-state index contributed by atoms with van der Waals surface area (Å²) in [6, 6.07) is 17.5. The Kier molecular flexibility index (Phi) is 7.10. The zero-order chi connectivity index (χ0) is 22.3. The number of amides is 2. The lowest BCUT2D eigenvalue weighted by molar-refractivity contribution is -0.134. The maximum absolute atomic E-state index is 12.7. The highest BCUT2D eigenvalue weighted by molar-refractivity contribution is 5.96. The van der Waals surface area contributed by atoms with E-state index >= 15 is 0 Å². The summed E-state index contributed by atoms with van der Waals surface area (Å²) in [7, 11) is 0. The fourth-order valence-corrected chi connectivity index (χ4v) is 4.32. The Morgan fingerprint density at radius 2 is 1.94 bits per heavy atom. The molecular weight excluding hydrogens is 404 g/mol. The Labute approximate surface area is 189 Å². The first-order valence-electron chi connectivity index (χ1n) is 11.4. The molecule has 2 aromatic carbocycles. The summed E-state index contributed by atoms with van der Waals surface area (Å²) in [5.74, 6) is 0.923. The molecule has 2 aliphatic rings. The molecule has 1 saturated carbocycles. The van der Waals surface area contributed by atoms with Gasteiger partial charge in [0.15, 0.2) is 5.76 Å². The van der Waals surface area contributed by atoms with Crippen molar-refractivity contribution < 1.29 is 19.1 Å². The third-order valence-electron chi connectivity index (χ3n) is 6.02. The Balaban J connectivity index is 1.25. The number of nitrogens with one attached hydrogen (secondary N) is 2. The van der Waals surface area contributed by atoms with Crippen molar-refractivity contribution >= 4 is 17.9 Å². The summed E-state index contributed by atoms with van der Waals surface area (Å²) >= 11 is 0. The molecule has 4 rings (SSSR count). The van der Waals surface area contributed by atoms with E-state index in [1.165, 1.54) is 0 Å². The topological polar surface area (TPSA) is 76.7 Å². The van der Waals surface area contributed by atoms with Crippen LogP contribution in [0.4, 0.5) is 0 Å². The Bertz CT molecular complexity index is 956. The highest BCUT2D eigenvalue weighted by atomic mass is 16.5. The summed E-state index contributed by atoms with van der Waals surface area (Å²) in [4.78, 5) is 25.2. The normalized spacial score (nSPS) is 23.6. The molecule has 6 nitrogen and oxygen atoms in total. The predicted molar refractivity (Wildman–Crippen MR) is 123 cm³/mol. The molecule has 2 aromatic rings. The van der Waals surface area contributed by atoms with Gasteiger partial charge in [0, 0.05) is 12.5 Å². The summed E-state index contributed by atoms with van der Waals surface area (Å²) in [6.45, 7) is 3.20. The van der Waals surface area contributed by atoms with Gasteiger partial charge in [-0.2, -0.15) is 0 Å². The molecular formula is C26H30N2O4. The molecule has 0 bridgehead atoms. The predicted octanol–water partition coefficient (Wildman–Crippen LogP) is 3.47. The maximum atomic E-state index is 12.7. The molecule has 6 heteroatoms. The van der Waals surface area contributed by atoms with Crippen LogP contribution in [-0.2, 0) is 20.7 Å². The number of ether oxygens (including phenoxy) is 2. The molecule has 2 N–H and O–H groups in total. The second-order valence-electron chi connectivity index (χ2n) is 8.28. The second kappa shape index (κ2) is 10.4. The van der Waals surface area contributed by atoms with Crippen molar-refractivity contribution in [3.05, 3.63) is 71.5 Å². The van der Waals surface area contributed by atoms with Crippen LogP contribution in [-0.4, -0.2) is 37.1 Å². The average molecular weight is 435 g/mol. The van der Waals surface area contributed by atoms with Crippen LogP contribution in [0.1, 0.15) is 37.3 Å². The van der Waals surface area contributed by atoms with Crippen molar-refractivity contribution in [3.63, 3.8) is 0 Å². The summed E-state index contributed by atoms with van der Waals surface area (Å²) < 4.78 is 11.5. The largest absolute Gasteiger partial charge is 0.494 e. The average Bonchev–Trinajstić information content (AvgIpc) is 2.81. The number of hydrogen-bond donors (Lipinski definition) is 2. The van der Waals surface area contributed by atoms with E-state index in [1.54, 1.807) is 6.08 Å². The van der Waals surface area contributed by atoms with Gasteiger partial charge in [-0.25, -0.2) is 0 Å². The van der Waals surface area contributed by atoms with E-state index in [9.17, 15) is 9.59 Å². The van der Waals surface area contributed by atoms with E-state index in [0.717, 1.165) is 36.1 Å². The van der Waals surface area contributed by atoms with Crippen molar-refractivity contribution in [2.24, 2.45) is 5.92 Å². The van der Waals surface area contributed by atoms with Gasteiger partial charge >= 0.3 is 0 Å². The van der Waals surface area contributed by atoms with E-state index < -0.39 is 0 Å². The number of carbonyl (C=O) groups is 2. The van der Waals surface area contributed by atoms with Gasteiger partial charge in [-0.15, -0.1) is 0 Å². The standard InChI is InChI=1S/C26H30N2O4/c1-2-31-21-11-8-18(9-12-21)14-15-27-25(29)20-10-13-23-22(17-20)28-26(30)24(32-23)16-19-6-4-3-5-7-19/h3-9,11-12,16,20,22-23H,2,10,13-15,17H2,1H3,(H,27,29)(H,28,30)/b24-16+. The number of morpholine rings is 1. The van der Waals surface area contributed by atoms with Crippen LogP contribution >= 0.6 is 0 Å². The van der Waals surface area contributed by atoms with E-state index in [2.05, 4.69) is 10.6 Å². The smallest absolute Gasteiger partial charge is 0.286 e. The SMILES string of the molecule is CCOc1ccc(CCNC(=O)C2CCC3O/C(=C/c4ccccc4)C(=O)NC3C2)cc1. The molecule has 1 aliphatic heterocycles. The molecule has 1 aliphatic carbocycles. The van der Waals surface area contributed by atoms with Crippen LogP contribution in [0.5, 0.6) is 5.75 Å². The van der Waals surface area contributed by atoms with Crippen molar-refractivity contribution in [3.8, 4) is 5.75 Å². The summed E-state index contributed by atoms with van der Waals surface area (Å²) in [5.41, 5.74) is 2.08. The zero-order valence-electron chi connectivity index (χ0n) is 18.4. The van der Waals surface area contributed by atoms with E-state index in [0.29, 0.717) is 25.3 Å². The number of benzene rings is 2. The Morgan fingerprint density at radius 3 is 2.69 bits per heavy atom. The minimum atomic E-state index is -0.216. The summed E-state index contributed by atoms with van der Waals surface area (Å²) in [5, 5.41) is 6.10. The highest BCUT2D eigenvalue weighted by Crippen LogP contribution is 2.31. The van der Waals surface area contributed by atoms with Gasteiger partial charge in [-0.1, -0.05) is 42.5 Å². The molecule has 0 spiro atoms. The highest BCUT2D eigenvalue weighted by Gasteiger charge is 2.40. The van der Waals surface area contributed by atoms with Gasteiger partial charge in [0.05, 0.1) is 12.6 Å². The Hall–Kier alpha value is -3.28. The molecule has 1 saturated heterocycles. The van der Waals surface area contributed by atoms with Crippen LogP contribution < -0.4 is 15.4 Å². The number of carbonyl (C=O) groups excluding carboxylic acids is 2. The zero-order valence-corrected chi connectivity index (χ0v) is 18.4. The lowest BCUT2D eigenvalue weighted by Gasteiger charge is -2.39. The lowest BCUT2D eigenvalue weighted by Crippen LogP contribution is -2.54. The van der Waals surface area contributed by atoms with Gasteiger partial charge < -0.3 is 20.1 Å². The van der Waals surface area contributed by atoms with Crippen LogP contribution in [0.15, 0.2) is 60.4 Å². The van der Waals surface area contributed by atoms with Crippen molar-refractivity contribution in [1.82, 2.24) is 10.6 Å². The van der Waals surface area contributed by atoms with E-state index in [4.69, 9.17) is 9.47 Å². The van der Waals surface area contributed by atoms with E-state index in [-0.39, 0.29) is 29.9 Å². The lowest BCUT2D eigenvalue weighted by atomic mass is 9.82. The quantitative estimate of drug-likeness (QED) is 0.655. The van der Waals surface area contributed by atoms with Crippen LogP contribution in [0, 0.1) is 5.92 Å². The van der Waals surface area contributed by atoms with Crippen LogP contribution in [0.3, 0.4) is 0 Å². The van der Waals surface area contributed by atoms with Gasteiger partial charge in [-0.3, -0.25) is 9.59 Å². The molecule has 1 heterocycles. The van der Waals surface area contributed by atoms with Crippen LogP contribution in [0.2, 0.25) is 0 Å². The van der Waals surface area contributed by atoms with Gasteiger partial charge in [0.1, 0.15) is 11.9 Å². The fourth-order valence-electron chi connectivity index (χ4n) is 4.32. The number of fused-ring (bicyclic) bond motifs is 1. The first-order valence-corrected chi connectivity index (χ1v) is 11.4. The number of hydrogen-bond acceptors (Lipinski definition) is 4. The molecule has 3 atom stereocenters. The van der Waals surface area contributed by atoms with Crippen molar-refractivity contribution in [2.75, 3.05) is 13.2 Å². The third-order valence-corrected chi connectivity index (χ3v) is 6.02. The van der Waals surface area contributed by atoms with E-state index in [1.807, 2.05) is 61.5 Å². The monoisotopic (exact) mass is 434 g/mol. The molecule has 2 fully saturated rings.